The summed E-state index contributed by atoms with van der Waals surface area (Å²) in [6, 6.07) is 8.99. The SMILES string of the molecule is Cc1cc(NC(=O)[C@@H](C)Nc2cccc(CN3CCCC3=O)c2)on1. The molecule has 1 aromatic heterocycles. The molecule has 0 spiro atoms. The molecule has 132 valence electrons. The van der Waals surface area contributed by atoms with Gasteiger partial charge in [0.05, 0.1) is 5.69 Å². The van der Waals surface area contributed by atoms with Crippen LogP contribution in [0.5, 0.6) is 0 Å². The van der Waals surface area contributed by atoms with Crippen LogP contribution < -0.4 is 10.6 Å². The number of likely N-dealkylation sites (tertiary alicyclic amines) is 1. The van der Waals surface area contributed by atoms with Gasteiger partial charge in [0.1, 0.15) is 6.04 Å². The van der Waals surface area contributed by atoms with Crippen molar-refractivity contribution < 1.29 is 14.1 Å². The Morgan fingerprint density at radius 3 is 2.92 bits per heavy atom. The number of carbonyl (C=O) groups is 2. The standard InChI is InChI=1S/C18H22N4O3/c1-12-9-16(25-21-12)20-18(24)13(2)19-15-6-3-5-14(10-15)11-22-8-4-7-17(22)23/h3,5-6,9-10,13,19H,4,7-8,11H2,1-2H3,(H,20,24)/t13-/m1/s1. The Bertz CT molecular complexity index is 771. The fraction of sp³-hybridized carbons (Fsp3) is 0.389. The number of hydrogen-bond acceptors (Lipinski definition) is 5. The predicted octanol–water partition coefficient (Wildman–Crippen LogP) is 2.54. The maximum atomic E-state index is 12.2. The molecule has 25 heavy (non-hydrogen) atoms. The van der Waals surface area contributed by atoms with Gasteiger partial charge in [-0.3, -0.25) is 14.9 Å². The second kappa shape index (κ2) is 7.38. The van der Waals surface area contributed by atoms with Gasteiger partial charge in [0.2, 0.25) is 17.7 Å². The molecular weight excluding hydrogens is 320 g/mol. The van der Waals surface area contributed by atoms with Gasteiger partial charge >= 0.3 is 0 Å². The highest BCUT2D eigenvalue weighted by atomic mass is 16.5. The Labute approximate surface area is 146 Å². The highest BCUT2D eigenvalue weighted by Crippen LogP contribution is 2.18. The number of amides is 2. The fourth-order valence-electron chi connectivity index (χ4n) is 2.82. The molecule has 0 aliphatic carbocycles. The normalized spacial score (nSPS) is 15.3. The minimum absolute atomic E-state index is 0.202. The number of aromatic nitrogens is 1. The molecule has 0 bridgehead atoms. The Morgan fingerprint density at radius 1 is 1.40 bits per heavy atom. The lowest BCUT2D eigenvalue weighted by atomic mass is 10.1. The quantitative estimate of drug-likeness (QED) is 0.842. The molecule has 0 radical (unpaired) electrons. The van der Waals surface area contributed by atoms with Crippen molar-refractivity contribution >= 4 is 23.4 Å². The van der Waals surface area contributed by atoms with Gasteiger partial charge in [-0.15, -0.1) is 0 Å². The van der Waals surface area contributed by atoms with E-state index in [9.17, 15) is 9.59 Å². The molecule has 7 heteroatoms. The molecule has 3 rings (SSSR count). The zero-order valence-electron chi connectivity index (χ0n) is 14.4. The van der Waals surface area contributed by atoms with Crippen molar-refractivity contribution in [1.82, 2.24) is 10.1 Å². The van der Waals surface area contributed by atoms with Gasteiger partial charge in [-0.05, 0) is 38.0 Å². The summed E-state index contributed by atoms with van der Waals surface area (Å²) in [5.41, 5.74) is 2.58. The fourth-order valence-corrected chi connectivity index (χ4v) is 2.82. The van der Waals surface area contributed by atoms with E-state index < -0.39 is 6.04 Å². The number of nitrogens with one attached hydrogen (secondary N) is 2. The van der Waals surface area contributed by atoms with E-state index in [0.29, 0.717) is 24.5 Å². The molecule has 1 aromatic carbocycles. The number of carbonyl (C=O) groups excluding carboxylic acids is 2. The summed E-state index contributed by atoms with van der Waals surface area (Å²) in [5.74, 6) is 0.321. The van der Waals surface area contributed by atoms with Crippen molar-refractivity contribution in [1.29, 1.82) is 0 Å². The summed E-state index contributed by atoms with van der Waals surface area (Å²) in [6.07, 6.45) is 1.56. The minimum atomic E-state index is -0.450. The zero-order chi connectivity index (χ0) is 17.8. The van der Waals surface area contributed by atoms with Gasteiger partial charge in [0.25, 0.3) is 0 Å². The van der Waals surface area contributed by atoms with Crippen LogP contribution in [0, 0.1) is 6.92 Å². The number of hydrogen-bond donors (Lipinski definition) is 2. The lowest BCUT2D eigenvalue weighted by Crippen LogP contribution is -2.31. The van der Waals surface area contributed by atoms with E-state index in [2.05, 4.69) is 15.8 Å². The van der Waals surface area contributed by atoms with Gasteiger partial charge in [-0.2, -0.15) is 0 Å². The lowest BCUT2D eigenvalue weighted by Gasteiger charge is -2.18. The van der Waals surface area contributed by atoms with Crippen molar-refractivity contribution in [2.45, 2.75) is 39.3 Å². The van der Waals surface area contributed by atoms with E-state index in [1.54, 1.807) is 19.9 Å². The van der Waals surface area contributed by atoms with Crippen LogP contribution in [0.3, 0.4) is 0 Å². The van der Waals surface area contributed by atoms with Crippen molar-refractivity contribution in [2.75, 3.05) is 17.2 Å². The average Bonchev–Trinajstić information content (AvgIpc) is 3.16. The van der Waals surface area contributed by atoms with E-state index in [1.807, 2.05) is 29.2 Å². The molecule has 2 aromatic rings. The molecule has 7 nitrogen and oxygen atoms in total. The van der Waals surface area contributed by atoms with Crippen molar-refractivity contribution in [3.8, 4) is 0 Å². The van der Waals surface area contributed by atoms with Gasteiger partial charge in [0.15, 0.2) is 0 Å². The highest BCUT2D eigenvalue weighted by Gasteiger charge is 2.20. The van der Waals surface area contributed by atoms with E-state index >= 15 is 0 Å². The number of nitrogens with zero attached hydrogens (tertiary/aromatic N) is 2. The highest BCUT2D eigenvalue weighted by molar-refractivity contribution is 5.95. The van der Waals surface area contributed by atoms with Crippen LogP contribution in [0.15, 0.2) is 34.9 Å². The number of benzene rings is 1. The summed E-state index contributed by atoms with van der Waals surface area (Å²) in [6.45, 7) is 4.98. The zero-order valence-corrected chi connectivity index (χ0v) is 14.4. The third kappa shape index (κ3) is 4.37. The number of anilines is 2. The second-order valence-electron chi connectivity index (χ2n) is 6.31. The Morgan fingerprint density at radius 2 is 2.24 bits per heavy atom. The maximum Gasteiger partial charge on any atom is 0.248 e. The molecule has 0 unspecified atom stereocenters. The molecule has 2 heterocycles. The minimum Gasteiger partial charge on any atom is -0.374 e. The summed E-state index contributed by atoms with van der Waals surface area (Å²) < 4.78 is 4.99. The molecule has 2 amide bonds. The molecule has 1 aliphatic rings. The van der Waals surface area contributed by atoms with Gasteiger partial charge < -0.3 is 14.7 Å². The second-order valence-corrected chi connectivity index (χ2v) is 6.31. The third-order valence-electron chi connectivity index (χ3n) is 4.12. The van der Waals surface area contributed by atoms with Gasteiger partial charge in [-0.1, -0.05) is 17.3 Å². The summed E-state index contributed by atoms with van der Waals surface area (Å²) in [4.78, 5) is 25.8. The Balaban J connectivity index is 1.59. The van der Waals surface area contributed by atoms with Crippen LogP contribution >= 0.6 is 0 Å². The first-order chi connectivity index (χ1) is 12.0. The first-order valence-electron chi connectivity index (χ1n) is 8.39. The molecule has 2 N–H and O–H groups in total. The first-order valence-corrected chi connectivity index (χ1v) is 8.39. The Kier molecular flexibility index (Phi) is 5.02. The van der Waals surface area contributed by atoms with Gasteiger partial charge in [-0.25, -0.2) is 0 Å². The van der Waals surface area contributed by atoms with E-state index in [-0.39, 0.29) is 11.8 Å². The molecule has 1 aliphatic heterocycles. The van der Waals surface area contributed by atoms with Crippen LogP contribution in [0.1, 0.15) is 31.0 Å². The van der Waals surface area contributed by atoms with Gasteiger partial charge in [0, 0.05) is 31.3 Å². The molecule has 1 fully saturated rings. The third-order valence-corrected chi connectivity index (χ3v) is 4.12. The van der Waals surface area contributed by atoms with Crippen molar-refractivity contribution in [3.05, 3.63) is 41.6 Å². The largest absolute Gasteiger partial charge is 0.374 e. The molecule has 0 saturated carbocycles. The van der Waals surface area contributed by atoms with E-state index in [4.69, 9.17) is 4.52 Å². The summed E-state index contributed by atoms with van der Waals surface area (Å²) in [7, 11) is 0. The monoisotopic (exact) mass is 342 g/mol. The average molecular weight is 342 g/mol. The number of aryl methyl sites for hydroxylation is 1. The summed E-state index contributed by atoms with van der Waals surface area (Å²) in [5, 5.41) is 9.58. The first kappa shape index (κ1) is 17.0. The van der Waals surface area contributed by atoms with Crippen molar-refractivity contribution in [2.24, 2.45) is 0 Å². The topological polar surface area (TPSA) is 87.5 Å². The lowest BCUT2D eigenvalue weighted by molar-refractivity contribution is -0.128. The van der Waals surface area contributed by atoms with E-state index in [1.165, 1.54) is 0 Å². The predicted molar refractivity (Wildman–Crippen MR) is 94.0 cm³/mol. The Hall–Kier alpha value is -2.83. The van der Waals surface area contributed by atoms with Crippen LogP contribution in [0.4, 0.5) is 11.6 Å². The maximum absolute atomic E-state index is 12.2. The van der Waals surface area contributed by atoms with Crippen LogP contribution in [-0.2, 0) is 16.1 Å². The van der Waals surface area contributed by atoms with Crippen LogP contribution in [0.2, 0.25) is 0 Å². The molecular formula is C18H22N4O3. The molecule has 1 saturated heterocycles. The van der Waals surface area contributed by atoms with E-state index in [0.717, 1.165) is 24.2 Å². The van der Waals surface area contributed by atoms with Crippen LogP contribution in [-0.4, -0.2) is 34.5 Å². The van der Waals surface area contributed by atoms with Crippen molar-refractivity contribution in [3.63, 3.8) is 0 Å². The smallest absolute Gasteiger partial charge is 0.248 e. The molecule has 1 atom stereocenters. The van der Waals surface area contributed by atoms with Crippen LogP contribution in [0.25, 0.3) is 0 Å². The summed E-state index contributed by atoms with van der Waals surface area (Å²) >= 11 is 0. The number of rotatable bonds is 6.